The van der Waals surface area contributed by atoms with E-state index in [0.717, 1.165) is 17.3 Å². The highest BCUT2D eigenvalue weighted by Gasteiger charge is 2.35. The second-order valence-corrected chi connectivity index (χ2v) is 4.18. The Balaban J connectivity index is 2.50. The predicted molar refractivity (Wildman–Crippen MR) is 57.5 cm³/mol. The number of hydrogen-bond acceptors (Lipinski definition) is 4. The number of carbonyl (C=O) groups is 3. The van der Waals surface area contributed by atoms with Crippen molar-refractivity contribution in [2.75, 3.05) is 12.3 Å². The molecule has 4 amide bonds. The SMILES string of the molecule is CC(C)=CCNC(=O)N1C(=O)CSC1=O. The van der Waals surface area contributed by atoms with Gasteiger partial charge < -0.3 is 5.32 Å². The van der Waals surface area contributed by atoms with E-state index in [-0.39, 0.29) is 5.75 Å². The zero-order valence-corrected chi connectivity index (χ0v) is 9.39. The minimum absolute atomic E-state index is 0.0505. The Kier molecular flexibility index (Phi) is 3.90. The number of amides is 4. The maximum absolute atomic E-state index is 11.4. The summed E-state index contributed by atoms with van der Waals surface area (Å²) in [4.78, 5) is 34.3. The standard InChI is InChI=1S/C9H12N2O3S/c1-6(2)3-4-10-8(13)11-7(12)5-15-9(11)14/h3H,4-5H2,1-2H3,(H,10,13). The molecule has 0 spiro atoms. The third kappa shape index (κ3) is 3.09. The summed E-state index contributed by atoms with van der Waals surface area (Å²) in [5.41, 5.74) is 1.06. The summed E-state index contributed by atoms with van der Waals surface area (Å²) in [7, 11) is 0. The number of nitrogens with zero attached hydrogens (tertiary/aromatic N) is 1. The van der Waals surface area contributed by atoms with Gasteiger partial charge in [0.1, 0.15) is 0 Å². The fraction of sp³-hybridized carbons (Fsp3) is 0.444. The summed E-state index contributed by atoms with van der Waals surface area (Å²) in [5, 5.41) is 1.97. The van der Waals surface area contributed by atoms with E-state index in [1.807, 2.05) is 13.8 Å². The summed E-state index contributed by atoms with van der Waals surface area (Å²) in [6.45, 7) is 4.12. The molecule has 1 heterocycles. The zero-order valence-electron chi connectivity index (χ0n) is 8.57. The lowest BCUT2D eigenvalue weighted by Crippen LogP contribution is -2.42. The average molecular weight is 228 g/mol. The fourth-order valence-electron chi connectivity index (χ4n) is 0.972. The van der Waals surface area contributed by atoms with Gasteiger partial charge in [-0.1, -0.05) is 23.4 Å². The van der Waals surface area contributed by atoms with E-state index in [4.69, 9.17) is 0 Å². The number of hydrogen-bond donors (Lipinski definition) is 1. The molecule has 82 valence electrons. The summed E-state index contributed by atoms with van der Waals surface area (Å²) in [6.07, 6.45) is 1.80. The number of allylic oxidation sites excluding steroid dienone is 1. The summed E-state index contributed by atoms with van der Waals surface area (Å²) >= 11 is 0.843. The smallest absolute Gasteiger partial charge is 0.332 e. The van der Waals surface area contributed by atoms with Gasteiger partial charge in [-0.15, -0.1) is 0 Å². The number of thioether (sulfide) groups is 1. The normalized spacial score (nSPS) is 15.5. The number of carbonyl (C=O) groups excluding carboxylic acids is 3. The molecule has 0 saturated carbocycles. The van der Waals surface area contributed by atoms with Crippen LogP contribution in [0.5, 0.6) is 0 Å². The first kappa shape index (κ1) is 11.8. The van der Waals surface area contributed by atoms with E-state index in [1.165, 1.54) is 0 Å². The molecule has 1 aliphatic rings. The van der Waals surface area contributed by atoms with Gasteiger partial charge in [-0.3, -0.25) is 9.59 Å². The Labute approximate surface area is 91.9 Å². The highest BCUT2D eigenvalue weighted by atomic mass is 32.2. The number of imide groups is 3. The molecule has 1 aliphatic heterocycles. The van der Waals surface area contributed by atoms with Crippen LogP contribution in [-0.2, 0) is 4.79 Å². The molecule has 5 nitrogen and oxygen atoms in total. The predicted octanol–water partition coefficient (Wildman–Crippen LogP) is 1.36. The highest BCUT2D eigenvalue weighted by molar-refractivity contribution is 8.14. The van der Waals surface area contributed by atoms with Gasteiger partial charge in [0.2, 0.25) is 5.91 Å². The lowest BCUT2D eigenvalue weighted by molar-refractivity contribution is -0.122. The number of nitrogens with one attached hydrogen (secondary N) is 1. The molecule has 0 aliphatic carbocycles. The minimum Gasteiger partial charge on any atom is -0.334 e. The maximum Gasteiger partial charge on any atom is 0.332 e. The summed E-state index contributed by atoms with van der Waals surface area (Å²) < 4.78 is 0. The molecule has 1 rings (SSSR count). The van der Waals surface area contributed by atoms with Gasteiger partial charge in [-0.25, -0.2) is 4.79 Å². The van der Waals surface area contributed by atoms with Crippen LogP contribution in [0.2, 0.25) is 0 Å². The van der Waals surface area contributed by atoms with E-state index in [2.05, 4.69) is 5.32 Å². The van der Waals surface area contributed by atoms with Crippen LogP contribution in [0.3, 0.4) is 0 Å². The number of rotatable bonds is 2. The molecule has 1 fully saturated rings. The van der Waals surface area contributed by atoms with E-state index in [9.17, 15) is 14.4 Å². The van der Waals surface area contributed by atoms with Crippen molar-refractivity contribution in [3.63, 3.8) is 0 Å². The van der Waals surface area contributed by atoms with E-state index in [1.54, 1.807) is 6.08 Å². The topological polar surface area (TPSA) is 66.5 Å². The van der Waals surface area contributed by atoms with Gasteiger partial charge in [-0.2, -0.15) is 4.90 Å². The van der Waals surface area contributed by atoms with Crippen LogP contribution in [0.1, 0.15) is 13.8 Å². The minimum atomic E-state index is -0.646. The molecule has 0 atom stereocenters. The lowest BCUT2D eigenvalue weighted by atomic mass is 10.3. The second-order valence-electron chi connectivity index (χ2n) is 3.25. The Bertz CT molecular complexity index is 318. The van der Waals surface area contributed by atoms with Crippen molar-refractivity contribution in [3.8, 4) is 0 Å². The Morgan fingerprint density at radius 2 is 2.20 bits per heavy atom. The third-order valence-electron chi connectivity index (χ3n) is 1.72. The second kappa shape index (κ2) is 4.97. The molecule has 15 heavy (non-hydrogen) atoms. The first-order valence-corrected chi connectivity index (χ1v) is 5.42. The van der Waals surface area contributed by atoms with Crippen molar-refractivity contribution in [2.45, 2.75) is 13.8 Å². The highest BCUT2D eigenvalue weighted by Crippen LogP contribution is 2.18. The molecular formula is C9H12N2O3S. The van der Waals surface area contributed by atoms with Crippen LogP contribution >= 0.6 is 11.8 Å². The molecule has 0 aromatic carbocycles. The first-order chi connectivity index (χ1) is 7.02. The van der Waals surface area contributed by atoms with Crippen molar-refractivity contribution >= 4 is 28.9 Å². The Morgan fingerprint density at radius 1 is 1.53 bits per heavy atom. The first-order valence-electron chi connectivity index (χ1n) is 4.43. The van der Waals surface area contributed by atoms with Crippen LogP contribution in [-0.4, -0.2) is 34.4 Å². The van der Waals surface area contributed by atoms with E-state index in [0.29, 0.717) is 11.4 Å². The number of urea groups is 1. The van der Waals surface area contributed by atoms with E-state index >= 15 is 0 Å². The molecule has 0 unspecified atom stereocenters. The van der Waals surface area contributed by atoms with Crippen LogP contribution in [0, 0.1) is 0 Å². The van der Waals surface area contributed by atoms with Crippen LogP contribution in [0.4, 0.5) is 9.59 Å². The van der Waals surface area contributed by atoms with Crippen LogP contribution in [0.25, 0.3) is 0 Å². The van der Waals surface area contributed by atoms with Crippen molar-refractivity contribution in [1.82, 2.24) is 10.2 Å². The maximum atomic E-state index is 11.4. The van der Waals surface area contributed by atoms with E-state index < -0.39 is 17.2 Å². The Morgan fingerprint density at radius 3 is 2.67 bits per heavy atom. The van der Waals surface area contributed by atoms with Crippen LogP contribution < -0.4 is 5.32 Å². The molecule has 0 aromatic rings. The summed E-state index contributed by atoms with van der Waals surface area (Å²) in [5.74, 6) is -0.408. The molecule has 0 aromatic heterocycles. The van der Waals surface area contributed by atoms with Gasteiger partial charge in [0.05, 0.1) is 5.75 Å². The molecule has 0 radical (unpaired) electrons. The zero-order chi connectivity index (χ0) is 11.4. The van der Waals surface area contributed by atoms with Gasteiger partial charge in [0.15, 0.2) is 0 Å². The van der Waals surface area contributed by atoms with Crippen LogP contribution in [0.15, 0.2) is 11.6 Å². The van der Waals surface area contributed by atoms with Crippen molar-refractivity contribution in [3.05, 3.63) is 11.6 Å². The molecule has 6 heteroatoms. The van der Waals surface area contributed by atoms with Gasteiger partial charge in [0, 0.05) is 6.54 Å². The average Bonchev–Trinajstić information content (AvgIpc) is 2.45. The quantitative estimate of drug-likeness (QED) is 0.725. The van der Waals surface area contributed by atoms with Crippen molar-refractivity contribution in [1.29, 1.82) is 0 Å². The molecular weight excluding hydrogens is 216 g/mol. The lowest BCUT2D eigenvalue weighted by Gasteiger charge is -2.10. The molecule has 0 bridgehead atoms. The molecule has 1 N–H and O–H groups in total. The monoisotopic (exact) mass is 228 g/mol. The van der Waals surface area contributed by atoms with Gasteiger partial charge >= 0.3 is 6.03 Å². The van der Waals surface area contributed by atoms with Gasteiger partial charge in [-0.05, 0) is 13.8 Å². The summed E-state index contributed by atoms with van der Waals surface area (Å²) in [6, 6.07) is -0.646. The Hall–Kier alpha value is -1.30. The van der Waals surface area contributed by atoms with Crippen molar-refractivity contribution in [2.24, 2.45) is 0 Å². The largest absolute Gasteiger partial charge is 0.334 e. The van der Waals surface area contributed by atoms with Crippen molar-refractivity contribution < 1.29 is 14.4 Å². The fourth-order valence-corrected chi connectivity index (χ4v) is 1.66. The molecule has 1 saturated heterocycles. The third-order valence-corrected chi connectivity index (χ3v) is 2.54. The van der Waals surface area contributed by atoms with Gasteiger partial charge in [0.25, 0.3) is 5.24 Å².